The molecule has 2 aromatic carbocycles. The molecule has 0 aliphatic rings. The largest absolute Gasteiger partial charge is 0.497 e. The maximum absolute atomic E-state index is 6.09. The van der Waals surface area contributed by atoms with Crippen LogP contribution in [0, 0.1) is 6.92 Å². The molecule has 1 heterocycles. The van der Waals surface area contributed by atoms with E-state index in [4.69, 9.17) is 10.5 Å². The number of nitrogens with two attached hydrogens (primary N) is 1. The van der Waals surface area contributed by atoms with Crippen molar-refractivity contribution in [2.75, 3.05) is 12.8 Å². The van der Waals surface area contributed by atoms with Crippen molar-refractivity contribution >= 4 is 16.6 Å². The molecule has 0 aliphatic heterocycles. The van der Waals surface area contributed by atoms with Gasteiger partial charge < -0.3 is 10.5 Å². The molecule has 0 unspecified atom stereocenters. The molecule has 0 aliphatic carbocycles. The third kappa shape index (κ3) is 2.09. The molecule has 0 amide bonds. The molecule has 0 atom stereocenters. The van der Waals surface area contributed by atoms with Crippen LogP contribution in [-0.2, 0) is 6.54 Å². The zero-order valence-corrected chi connectivity index (χ0v) is 11.6. The Bertz CT molecular complexity index is 744. The highest BCUT2D eigenvalue weighted by atomic mass is 16.5. The molecule has 0 saturated carbocycles. The number of rotatable bonds is 3. The van der Waals surface area contributed by atoms with Crippen molar-refractivity contribution in [3.05, 3.63) is 53.7 Å². The molecule has 4 nitrogen and oxygen atoms in total. The van der Waals surface area contributed by atoms with Gasteiger partial charge in [-0.15, -0.1) is 0 Å². The minimum atomic E-state index is 0.718. The molecule has 2 N–H and O–H groups in total. The van der Waals surface area contributed by atoms with Gasteiger partial charge in [0, 0.05) is 11.1 Å². The number of aryl methyl sites for hydroxylation is 1. The van der Waals surface area contributed by atoms with Gasteiger partial charge in [-0.05, 0) is 36.2 Å². The van der Waals surface area contributed by atoms with E-state index in [-0.39, 0.29) is 0 Å². The lowest BCUT2D eigenvalue weighted by molar-refractivity contribution is 0.414. The first-order valence-corrected chi connectivity index (χ1v) is 6.52. The van der Waals surface area contributed by atoms with Crippen LogP contribution in [0.2, 0.25) is 0 Å². The second-order valence-electron chi connectivity index (χ2n) is 4.88. The topological polar surface area (TPSA) is 53.1 Å². The number of ether oxygens (including phenoxy) is 1. The molecule has 0 fully saturated rings. The number of hydrogen-bond donors (Lipinski definition) is 1. The first-order valence-electron chi connectivity index (χ1n) is 6.52. The third-order valence-corrected chi connectivity index (χ3v) is 3.58. The third-order valence-electron chi connectivity index (χ3n) is 3.58. The summed E-state index contributed by atoms with van der Waals surface area (Å²) in [5, 5.41) is 5.45. The van der Waals surface area contributed by atoms with Gasteiger partial charge in [-0.3, -0.25) is 4.68 Å². The van der Waals surface area contributed by atoms with Crippen molar-refractivity contribution < 1.29 is 4.74 Å². The van der Waals surface area contributed by atoms with Gasteiger partial charge in [0.1, 0.15) is 5.75 Å². The van der Waals surface area contributed by atoms with Gasteiger partial charge in [0.2, 0.25) is 0 Å². The summed E-state index contributed by atoms with van der Waals surface area (Å²) in [4.78, 5) is 0. The summed E-state index contributed by atoms with van der Waals surface area (Å²) in [6, 6.07) is 12.1. The Labute approximate surface area is 117 Å². The van der Waals surface area contributed by atoms with Gasteiger partial charge in [-0.25, -0.2) is 0 Å². The second kappa shape index (κ2) is 4.89. The van der Waals surface area contributed by atoms with Crippen molar-refractivity contribution in [3.63, 3.8) is 0 Å². The van der Waals surface area contributed by atoms with Crippen LogP contribution in [0.25, 0.3) is 10.9 Å². The number of hydrogen-bond acceptors (Lipinski definition) is 3. The van der Waals surface area contributed by atoms with E-state index in [0.717, 1.165) is 34.4 Å². The molecular weight excluding hydrogens is 250 g/mol. The van der Waals surface area contributed by atoms with Gasteiger partial charge in [0.25, 0.3) is 0 Å². The van der Waals surface area contributed by atoms with E-state index < -0.39 is 0 Å². The monoisotopic (exact) mass is 267 g/mol. The number of aromatic nitrogens is 2. The Balaban J connectivity index is 1.96. The number of anilines is 1. The van der Waals surface area contributed by atoms with Gasteiger partial charge in [0.15, 0.2) is 0 Å². The van der Waals surface area contributed by atoms with Crippen molar-refractivity contribution in [2.24, 2.45) is 0 Å². The Morgan fingerprint density at radius 2 is 1.90 bits per heavy atom. The molecule has 3 rings (SSSR count). The fourth-order valence-corrected chi connectivity index (χ4v) is 2.31. The maximum atomic E-state index is 6.09. The highest BCUT2D eigenvalue weighted by molar-refractivity contribution is 5.91. The summed E-state index contributed by atoms with van der Waals surface area (Å²) in [5.41, 5.74) is 10.2. The highest BCUT2D eigenvalue weighted by Crippen LogP contribution is 2.24. The van der Waals surface area contributed by atoms with Crippen molar-refractivity contribution in [1.29, 1.82) is 0 Å². The molecule has 0 radical (unpaired) electrons. The lowest BCUT2D eigenvalue weighted by atomic mass is 10.1. The molecule has 102 valence electrons. The number of nitrogens with zero attached hydrogens (tertiary/aromatic N) is 2. The van der Waals surface area contributed by atoms with Gasteiger partial charge >= 0.3 is 0 Å². The molecule has 1 aromatic heterocycles. The smallest absolute Gasteiger partial charge is 0.118 e. The fourth-order valence-electron chi connectivity index (χ4n) is 2.31. The van der Waals surface area contributed by atoms with Crippen LogP contribution in [0.3, 0.4) is 0 Å². The fraction of sp³-hybridized carbons (Fsp3) is 0.188. The first-order chi connectivity index (χ1) is 9.69. The van der Waals surface area contributed by atoms with Crippen molar-refractivity contribution in [3.8, 4) is 5.75 Å². The Hall–Kier alpha value is -2.49. The van der Waals surface area contributed by atoms with Crippen molar-refractivity contribution in [1.82, 2.24) is 9.78 Å². The second-order valence-corrected chi connectivity index (χ2v) is 4.88. The van der Waals surface area contributed by atoms with Crippen LogP contribution in [0.1, 0.15) is 11.1 Å². The van der Waals surface area contributed by atoms with Gasteiger partial charge in [-0.1, -0.05) is 18.2 Å². The Kier molecular flexibility index (Phi) is 3.06. The van der Waals surface area contributed by atoms with E-state index in [1.165, 1.54) is 5.56 Å². The van der Waals surface area contributed by atoms with E-state index >= 15 is 0 Å². The van der Waals surface area contributed by atoms with Crippen LogP contribution in [-0.4, -0.2) is 16.9 Å². The summed E-state index contributed by atoms with van der Waals surface area (Å²) in [6.45, 7) is 2.73. The average molecular weight is 267 g/mol. The van der Waals surface area contributed by atoms with E-state index in [0.29, 0.717) is 0 Å². The molecule has 0 bridgehead atoms. The average Bonchev–Trinajstić information content (AvgIpc) is 2.87. The summed E-state index contributed by atoms with van der Waals surface area (Å²) in [7, 11) is 1.67. The predicted octanol–water partition coefficient (Wildman–Crippen LogP) is 2.98. The highest BCUT2D eigenvalue weighted by Gasteiger charge is 2.07. The van der Waals surface area contributed by atoms with Crippen LogP contribution in [0.4, 0.5) is 5.69 Å². The minimum Gasteiger partial charge on any atom is -0.497 e. The first kappa shape index (κ1) is 12.5. The zero-order chi connectivity index (χ0) is 14.1. The van der Waals surface area contributed by atoms with Gasteiger partial charge in [-0.2, -0.15) is 5.10 Å². The Morgan fingerprint density at radius 3 is 2.60 bits per heavy atom. The molecule has 3 aromatic rings. The molecule has 0 spiro atoms. The summed E-state index contributed by atoms with van der Waals surface area (Å²) < 4.78 is 7.13. The number of nitrogen functional groups attached to an aromatic ring is 1. The quantitative estimate of drug-likeness (QED) is 0.742. The van der Waals surface area contributed by atoms with Crippen LogP contribution in [0.15, 0.2) is 42.6 Å². The van der Waals surface area contributed by atoms with E-state index in [2.05, 4.69) is 11.2 Å². The lowest BCUT2D eigenvalue weighted by Crippen LogP contribution is -2.01. The summed E-state index contributed by atoms with van der Waals surface area (Å²) >= 11 is 0. The summed E-state index contributed by atoms with van der Waals surface area (Å²) in [6.07, 6.45) is 1.83. The minimum absolute atomic E-state index is 0.718. The predicted molar refractivity (Wildman–Crippen MR) is 81.0 cm³/mol. The number of fused-ring (bicyclic) bond motifs is 1. The maximum Gasteiger partial charge on any atom is 0.118 e. The molecule has 20 heavy (non-hydrogen) atoms. The summed E-state index contributed by atoms with van der Waals surface area (Å²) in [5.74, 6) is 0.860. The lowest BCUT2D eigenvalue weighted by Gasteiger charge is -2.06. The van der Waals surface area contributed by atoms with Crippen LogP contribution < -0.4 is 10.5 Å². The van der Waals surface area contributed by atoms with Crippen LogP contribution in [0.5, 0.6) is 5.75 Å². The number of benzene rings is 2. The Morgan fingerprint density at radius 1 is 1.15 bits per heavy atom. The van der Waals surface area contributed by atoms with E-state index in [1.807, 2.05) is 48.1 Å². The molecule has 4 heteroatoms. The van der Waals surface area contributed by atoms with E-state index in [9.17, 15) is 0 Å². The number of methoxy groups -OCH3 is 1. The SMILES string of the molecule is COc1ccc(Cn2ncc3c(N)c(C)ccc32)cc1. The van der Waals surface area contributed by atoms with Crippen LogP contribution >= 0.6 is 0 Å². The normalized spacial score (nSPS) is 10.9. The van der Waals surface area contributed by atoms with Gasteiger partial charge in [0.05, 0.1) is 25.4 Å². The van der Waals surface area contributed by atoms with E-state index in [1.54, 1.807) is 7.11 Å². The molecular formula is C16H17N3O. The zero-order valence-electron chi connectivity index (χ0n) is 11.6. The van der Waals surface area contributed by atoms with Crippen molar-refractivity contribution in [2.45, 2.75) is 13.5 Å². The molecule has 0 saturated heterocycles. The standard InChI is InChI=1S/C16H17N3O/c1-11-3-8-15-14(16(11)17)9-18-19(15)10-12-4-6-13(20-2)7-5-12/h3-9H,10,17H2,1-2H3.